The summed E-state index contributed by atoms with van der Waals surface area (Å²) in [5.74, 6) is 0.274. The minimum absolute atomic E-state index is 0.0673. The van der Waals surface area contributed by atoms with Gasteiger partial charge in [-0.2, -0.15) is 0 Å². The number of amides is 2. The monoisotopic (exact) mass is 255 g/mol. The van der Waals surface area contributed by atoms with Crippen molar-refractivity contribution >= 4 is 11.8 Å². The summed E-state index contributed by atoms with van der Waals surface area (Å²) in [5.41, 5.74) is 0. The van der Waals surface area contributed by atoms with Gasteiger partial charge in [0.15, 0.2) is 0 Å². The van der Waals surface area contributed by atoms with Gasteiger partial charge in [-0.1, -0.05) is 0 Å². The fourth-order valence-electron chi connectivity index (χ4n) is 2.40. The molecular formula is C13H25N3O2. The first-order chi connectivity index (χ1) is 8.63. The van der Waals surface area contributed by atoms with Crippen molar-refractivity contribution in [3.63, 3.8) is 0 Å². The zero-order chi connectivity index (χ0) is 13.5. The fourth-order valence-corrected chi connectivity index (χ4v) is 2.40. The molecule has 18 heavy (non-hydrogen) atoms. The average Bonchev–Trinajstić information content (AvgIpc) is 2.39. The molecule has 1 aliphatic rings. The van der Waals surface area contributed by atoms with Crippen molar-refractivity contribution < 1.29 is 9.59 Å². The van der Waals surface area contributed by atoms with Gasteiger partial charge in [0, 0.05) is 32.6 Å². The molecular weight excluding hydrogens is 230 g/mol. The summed E-state index contributed by atoms with van der Waals surface area (Å²) >= 11 is 0. The number of likely N-dealkylation sites (N-methyl/N-ethyl adjacent to an activating group) is 1. The molecule has 0 aromatic rings. The maximum atomic E-state index is 12.0. The summed E-state index contributed by atoms with van der Waals surface area (Å²) in [6, 6.07) is -0.0673. The molecule has 0 spiro atoms. The Morgan fingerprint density at radius 1 is 1.44 bits per heavy atom. The third kappa shape index (κ3) is 3.70. The van der Waals surface area contributed by atoms with Gasteiger partial charge in [-0.25, -0.2) is 0 Å². The first kappa shape index (κ1) is 15.0. The molecule has 1 aliphatic heterocycles. The highest BCUT2D eigenvalue weighted by molar-refractivity contribution is 5.83. The highest BCUT2D eigenvalue weighted by Gasteiger charge is 2.27. The van der Waals surface area contributed by atoms with Crippen molar-refractivity contribution in [2.24, 2.45) is 0 Å². The summed E-state index contributed by atoms with van der Waals surface area (Å²) in [7, 11) is 1.81. The van der Waals surface area contributed by atoms with Crippen molar-refractivity contribution in [3.05, 3.63) is 0 Å². The molecule has 104 valence electrons. The van der Waals surface area contributed by atoms with Crippen molar-refractivity contribution in [2.75, 3.05) is 33.2 Å². The van der Waals surface area contributed by atoms with Gasteiger partial charge in [0.05, 0.1) is 6.04 Å². The molecule has 5 heteroatoms. The lowest BCUT2D eigenvalue weighted by Gasteiger charge is -2.32. The van der Waals surface area contributed by atoms with E-state index in [4.69, 9.17) is 0 Å². The van der Waals surface area contributed by atoms with Crippen molar-refractivity contribution in [1.29, 1.82) is 0 Å². The van der Waals surface area contributed by atoms with Gasteiger partial charge in [0.2, 0.25) is 11.8 Å². The maximum Gasteiger partial charge on any atom is 0.239 e. The van der Waals surface area contributed by atoms with Crippen LogP contribution in [-0.2, 0) is 9.59 Å². The number of rotatable bonds is 6. The van der Waals surface area contributed by atoms with Crippen LogP contribution in [0.2, 0.25) is 0 Å². The fraction of sp³-hybridized carbons (Fsp3) is 0.846. The number of carbonyl (C=O) groups excluding carboxylic acids is 2. The zero-order valence-electron chi connectivity index (χ0n) is 11.7. The van der Waals surface area contributed by atoms with Gasteiger partial charge in [0.1, 0.15) is 0 Å². The van der Waals surface area contributed by atoms with Crippen molar-refractivity contribution in [2.45, 2.75) is 39.2 Å². The van der Waals surface area contributed by atoms with E-state index in [9.17, 15) is 9.59 Å². The molecule has 0 aromatic carbocycles. The van der Waals surface area contributed by atoms with E-state index in [2.05, 4.69) is 5.32 Å². The second kappa shape index (κ2) is 7.36. The van der Waals surface area contributed by atoms with Crippen LogP contribution in [0, 0.1) is 0 Å². The summed E-state index contributed by atoms with van der Waals surface area (Å²) in [6.45, 7) is 6.76. The third-order valence-corrected chi connectivity index (χ3v) is 3.59. The predicted octanol–water partition coefficient (Wildman–Crippen LogP) is 0.455. The summed E-state index contributed by atoms with van der Waals surface area (Å²) in [4.78, 5) is 27.5. The smallest absolute Gasteiger partial charge is 0.239 e. The molecule has 0 saturated carbocycles. The molecule has 1 heterocycles. The topological polar surface area (TPSA) is 52.7 Å². The summed E-state index contributed by atoms with van der Waals surface area (Å²) < 4.78 is 0. The molecule has 1 unspecified atom stereocenters. The van der Waals surface area contributed by atoms with Gasteiger partial charge < -0.3 is 15.1 Å². The van der Waals surface area contributed by atoms with E-state index in [-0.39, 0.29) is 17.9 Å². The van der Waals surface area contributed by atoms with Crippen LogP contribution in [0.25, 0.3) is 0 Å². The molecule has 2 amide bonds. The normalized spacial score (nSPS) is 20.1. The number of hydrogen-bond donors (Lipinski definition) is 1. The van der Waals surface area contributed by atoms with E-state index in [1.54, 1.807) is 0 Å². The van der Waals surface area contributed by atoms with E-state index in [0.29, 0.717) is 13.0 Å². The van der Waals surface area contributed by atoms with Crippen LogP contribution in [0.4, 0.5) is 0 Å². The molecule has 1 rings (SSSR count). The van der Waals surface area contributed by atoms with Crippen molar-refractivity contribution in [1.82, 2.24) is 15.1 Å². The average molecular weight is 255 g/mol. The number of nitrogens with zero attached hydrogens (tertiary/aromatic N) is 2. The second-order valence-corrected chi connectivity index (χ2v) is 4.62. The number of nitrogens with one attached hydrogen (secondary N) is 1. The Morgan fingerprint density at radius 2 is 2.11 bits per heavy atom. The van der Waals surface area contributed by atoms with Gasteiger partial charge in [-0.05, 0) is 33.7 Å². The molecule has 0 bridgehead atoms. The molecule has 1 atom stereocenters. The summed E-state index contributed by atoms with van der Waals surface area (Å²) in [6.07, 6.45) is 2.34. The Morgan fingerprint density at radius 3 is 2.67 bits per heavy atom. The molecule has 1 N–H and O–H groups in total. The molecule has 5 nitrogen and oxygen atoms in total. The molecule has 1 saturated heterocycles. The Balaban J connectivity index is 2.43. The number of piperidine rings is 1. The van der Waals surface area contributed by atoms with Gasteiger partial charge in [0.25, 0.3) is 0 Å². The number of likely N-dealkylation sites (tertiary alicyclic amines) is 1. The lowest BCUT2D eigenvalue weighted by atomic mass is 10.0. The van der Waals surface area contributed by atoms with Gasteiger partial charge >= 0.3 is 0 Å². The highest BCUT2D eigenvalue weighted by atomic mass is 16.2. The number of hydrogen-bond acceptors (Lipinski definition) is 3. The van der Waals surface area contributed by atoms with Crippen LogP contribution in [0.15, 0.2) is 0 Å². The molecule has 0 aromatic heterocycles. The molecule has 1 fully saturated rings. The maximum absolute atomic E-state index is 12.0. The van der Waals surface area contributed by atoms with Crippen LogP contribution in [0.5, 0.6) is 0 Å². The van der Waals surface area contributed by atoms with E-state index < -0.39 is 0 Å². The molecule has 0 aliphatic carbocycles. The Kier molecular flexibility index (Phi) is 6.12. The first-order valence-corrected chi connectivity index (χ1v) is 6.87. The van der Waals surface area contributed by atoms with Crippen LogP contribution in [0.3, 0.4) is 0 Å². The minimum Gasteiger partial charge on any atom is -0.343 e. The van der Waals surface area contributed by atoms with Gasteiger partial charge in [-0.3, -0.25) is 9.59 Å². The van der Waals surface area contributed by atoms with Crippen LogP contribution in [-0.4, -0.2) is 60.9 Å². The zero-order valence-corrected chi connectivity index (χ0v) is 11.7. The largest absolute Gasteiger partial charge is 0.343 e. The lowest BCUT2D eigenvalue weighted by molar-refractivity contribution is -0.137. The van der Waals surface area contributed by atoms with E-state index >= 15 is 0 Å². The summed E-state index contributed by atoms with van der Waals surface area (Å²) in [5, 5.41) is 3.03. The minimum atomic E-state index is -0.0673. The Labute approximate surface area is 110 Å². The van der Waals surface area contributed by atoms with Gasteiger partial charge in [-0.15, -0.1) is 0 Å². The van der Waals surface area contributed by atoms with E-state index in [1.807, 2.05) is 30.7 Å². The Bertz CT molecular complexity index is 290. The first-order valence-electron chi connectivity index (χ1n) is 6.87. The highest BCUT2D eigenvalue weighted by Crippen LogP contribution is 2.12. The number of carbonyl (C=O) groups is 2. The van der Waals surface area contributed by atoms with Crippen LogP contribution < -0.4 is 5.32 Å². The second-order valence-electron chi connectivity index (χ2n) is 4.62. The predicted molar refractivity (Wildman–Crippen MR) is 71.2 cm³/mol. The standard InChI is InChI=1S/C13H25N3O2/c1-4-15(5-2)12(17)8-10-16-9-6-7-11(14-3)13(16)18/h11,14H,4-10H2,1-3H3. The quantitative estimate of drug-likeness (QED) is 0.750. The van der Waals surface area contributed by atoms with E-state index in [0.717, 1.165) is 32.5 Å². The van der Waals surface area contributed by atoms with Crippen molar-refractivity contribution in [3.8, 4) is 0 Å². The van der Waals surface area contributed by atoms with Crippen LogP contribution in [0.1, 0.15) is 33.1 Å². The Hall–Kier alpha value is -1.10. The van der Waals surface area contributed by atoms with E-state index in [1.165, 1.54) is 0 Å². The lowest BCUT2D eigenvalue weighted by Crippen LogP contribution is -2.50. The SMILES string of the molecule is CCN(CC)C(=O)CCN1CCCC(NC)C1=O. The molecule has 0 radical (unpaired) electrons. The van der Waals surface area contributed by atoms with Crippen LogP contribution >= 0.6 is 0 Å². The third-order valence-electron chi connectivity index (χ3n) is 3.59.